The zero-order valence-electron chi connectivity index (χ0n) is 13.0. The van der Waals surface area contributed by atoms with Gasteiger partial charge in [-0.1, -0.05) is 70.6 Å². The summed E-state index contributed by atoms with van der Waals surface area (Å²) in [5.41, 5.74) is 0.902. The molecule has 0 radical (unpaired) electrons. The summed E-state index contributed by atoms with van der Waals surface area (Å²) in [5, 5.41) is 3.02. The molecular formula is C18H29NO. The Bertz CT molecular complexity index is 361. The lowest BCUT2D eigenvalue weighted by Gasteiger charge is -2.15. The van der Waals surface area contributed by atoms with Gasteiger partial charge in [0.1, 0.15) is 0 Å². The summed E-state index contributed by atoms with van der Waals surface area (Å²) in [6.45, 7) is 4.34. The van der Waals surface area contributed by atoms with Gasteiger partial charge in [-0.05, 0) is 25.0 Å². The fourth-order valence-electron chi connectivity index (χ4n) is 2.46. The minimum Gasteiger partial charge on any atom is -0.326 e. The lowest BCUT2D eigenvalue weighted by molar-refractivity contribution is -0.120. The molecule has 0 saturated heterocycles. The molecule has 1 unspecified atom stereocenters. The molecule has 0 aliphatic rings. The van der Waals surface area contributed by atoms with Crippen LogP contribution in [-0.2, 0) is 4.79 Å². The molecule has 0 bridgehead atoms. The first-order valence-corrected chi connectivity index (χ1v) is 8.13. The minimum atomic E-state index is 0.154. The third kappa shape index (κ3) is 6.74. The van der Waals surface area contributed by atoms with Crippen molar-refractivity contribution in [3.63, 3.8) is 0 Å². The van der Waals surface area contributed by atoms with Crippen LogP contribution in [0.15, 0.2) is 30.3 Å². The van der Waals surface area contributed by atoms with Crippen molar-refractivity contribution in [3.8, 4) is 0 Å². The molecule has 0 heterocycles. The number of unbranched alkanes of at least 4 members (excludes halogenated alkanes) is 5. The summed E-state index contributed by atoms with van der Waals surface area (Å²) in [4.78, 5) is 12.2. The molecule has 0 saturated carbocycles. The van der Waals surface area contributed by atoms with Crippen LogP contribution in [0.3, 0.4) is 0 Å². The normalized spacial score (nSPS) is 12.1. The highest BCUT2D eigenvalue weighted by molar-refractivity contribution is 5.92. The molecule has 1 aromatic carbocycles. The van der Waals surface area contributed by atoms with Gasteiger partial charge < -0.3 is 5.32 Å². The highest BCUT2D eigenvalue weighted by Gasteiger charge is 2.15. The van der Waals surface area contributed by atoms with E-state index in [1.54, 1.807) is 0 Å². The van der Waals surface area contributed by atoms with Gasteiger partial charge in [-0.25, -0.2) is 0 Å². The molecule has 1 aromatic rings. The molecule has 2 nitrogen and oxygen atoms in total. The fourth-order valence-corrected chi connectivity index (χ4v) is 2.46. The van der Waals surface area contributed by atoms with E-state index >= 15 is 0 Å². The summed E-state index contributed by atoms with van der Waals surface area (Å²) in [6.07, 6.45) is 9.64. The second kappa shape index (κ2) is 10.5. The molecule has 0 aromatic heterocycles. The topological polar surface area (TPSA) is 29.1 Å². The van der Waals surface area contributed by atoms with Gasteiger partial charge in [0, 0.05) is 11.6 Å². The van der Waals surface area contributed by atoms with E-state index in [-0.39, 0.29) is 11.8 Å². The van der Waals surface area contributed by atoms with Gasteiger partial charge in [0.15, 0.2) is 0 Å². The maximum Gasteiger partial charge on any atom is 0.227 e. The largest absolute Gasteiger partial charge is 0.326 e. The highest BCUT2D eigenvalue weighted by atomic mass is 16.1. The van der Waals surface area contributed by atoms with Crippen molar-refractivity contribution in [1.29, 1.82) is 0 Å². The number of hydrogen-bond acceptors (Lipinski definition) is 1. The average molecular weight is 275 g/mol. The Morgan fingerprint density at radius 2 is 1.65 bits per heavy atom. The van der Waals surface area contributed by atoms with Crippen LogP contribution in [0.5, 0.6) is 0 Å². The van der Waals surface area contributed by atoms with Crippen molar-refractivity contribution in [1.82, 2.24) is 0 Å². The number of para-hydroxylation sites is 1. The van der Waals surface area contributed by atoms with Crippen LogP contribution in [0.2, 0.25) is 0 Å². The standard InChI is InChI=1S/C18H29NO/c1-3-5-6-7-8-10-13-16(4-2)18(20)19-17-14-11-9-12-15-17/h9,11-12,14-16H,3-8,10,13H2,1-2H3,(H,19,20). The van der Waals surface area contributed by atoms with Gasteiger partial charge in [0.2, 0.25) is 5.91 Å². The molecule has 1 atom stereocenters. The fraction of sp³-hybridized carbons (Fsp3) is 0.611. The summed E-state index contributed by atoms with van der Waals surface area (Å²) in [7, 11) is 0. The second-order valence-electron chi connectivity index (χ2n) is 5.52. The van der Waals surface area contributed by atoms with Crippen molar-refractivity contribution >= 4 is 11.6 Å². The van der Waals surface area contributed by atoms with E-state index < -0.39 is 0 Å². The quantitative estimate of drug-likeness (QED) is 0.569. The van der Waals surface area contributed by atoms with Crippen LogP contribution in [-0.4, -0.2) is 5.91 Å². The zero-order chi connectivity index (χ0) is 14.6. The molecule has 0 aliphatic carbocycles. The van der Waals surface area contributed by atoms with E-state index in [1.165, 1.54) is 38.5 Å². The second-order valence-corrected chi connectivity index (χ2v) is 5.52. The van der Waals surface area contributed by atoms with Crippen LogP contribution in [0, 0.1) is 5.92 Å². The Hall–Kier alpha value is -1.31. The SMILES string of the molecule is CCCCCCCCC(CC)C(=O)Nc1ccccc1. The van der Waals surface area contributed by atoms with Crippen LogP contribution < -0.4 is 5.32 Å². The van der Waals surface area contributed by atoms with Crippen molar-refractivity contribution < 1.29 is 4.79 Å². The number of benzene rings is 1. The monoisotopic (exact) mass is 275 g/mol. The van der Waals surface area contributed by atoms with Gasteiger partial charge in [-0.15, -0.1) is 0 Å². The maximum atomic E-state index is 12.2. The van der Waals surface area contributed by atoms with Crippen LogP contribution in [0.1, 0.15) is 65.2 Å². The van der Waals surface area contributed by atoms with E-state index in [4.69, 9.17) is 0 Å². The number of amides is 1. The molecular weight excluding hydrogens is 246 g/mol. The van der Waals surface area contributed by atoms with Crippen molar-refractivity contribution in [2.75, 3.05) is 5.32 Å². The minimum absolute atomic E-state index is 0.154. The predicted molar refractivity (Wildman–Crippen MR) is 86.8 cm³/mol. The lowest BCUT2D eigenvalue weighted by atomic mass is 9.97. The number of anilines is 1. The first kappa shape index (κ1) is 16.7. The van der Waals surface area contributed by atoms with Crippen LogP contribution in [0.25, 0.3) is 0 Å². The maximum absolute atomic E-state index is 12.2. The van der Waals surface area contributed by atoms with E-state index in [2.05, 4.69) is 19.2 Å². The van der Waals surface area contributed by atoms with E-state index in [0.29, 0.717) is 0 Å². The predicted octanol–water partition coefficient (Wildman–Crippen LogP) is 5.40. The number of carbonyl (C=O) groups is 1. The first-order valence-electron chi connectivity index (χ1n) is 8.13. The van der Waals surface area contributed by atoms with E-state index in [0.717, 1.165) is 18.5 Å². The molecule has 2 heteroatoms. The summed E-state index contributed by atoms with van der Waals surface area (Å²) in [5.74, 6) is 0.327. The van der Waals surface area contributed by atoms with Crippen molar-refractivity contribution in [3.05, 3.63) is 30.3 Å². The molecule has 0 aliphatic heterocycles. The molecule has 20 heavy (non-hydrogen) atoms. The zero-order valence-corrected chi connectivity index (χ0v) is 13.0. The Kier molecular flexibility index (Phi) is 8.77. The molecule has 1 rings (SSSR count). The lowest BCUT2D eigenvalue weighted by Crippen LogP contribution is -2.22. The van der Waals surface area contributed by atoms with Gasteiger partial charge in [-0.2, -0.15) is 0 Å². The number of carbonyl (C=O) groups excluding carboxylic acids is 1. The molecule has 0 fully saturated rings. The van der Waals surface area contributed by atoms with Crippen molar-refractivity contribution in [2.24, 2.45) is 5.92 Å². The Morgan fingerprint density at radius 3 is 2.30 bits per heavy atom. The first-order chi connectivity index (χ1) is 9.77. The summed E-state index contributed by atoms with van der Waals surface area (Å²) < 4.78 is 0. The summed E-state index contributed by atoms with van der Waals surface area (Å²) in [6, 6.07) is 9.74. The highest BCUT2D eigenvalue weighted by Crippen LogP contribution is 2.17. The van der Waals surface area contributed by atoms with E-state index in [9.17, 15) is 4.79 Å². The third-order valence-electron chi connectivity index (χ3n) is 3.81. The molecule has 1 amide bonds. The Balaban J connectivity index is 2.25. The Labute approximate surface area is 124 Å². The van der Waals surface area contributed by atoms with Gasteiger partial charge >= 0.3 is 0 Å². The van der Waals surface area contributed by atoms with Gasteiger partial charge in [0.05, 0.1) is 0 Å². The number of rotatable bonds is 10. The van der Waals surface area contributed by atoms with Gasteiger partial charge in [-0.3, -0.25) is 4.79 Å². The molecule has 0 spiro atoms. The summed E-state index contributed by atoms with van der Waals surface area (Å²) >= 11 is 0. The molecule has 1 N–H and O–H groups in total. The smallest absolute Gasteiger partial charge is 0.227 e. The van der Waals surface area contributed by atoms with Crippen molar-refractivity contribution in [2.45, 2.75) is 65.2 Å². The van der Waals surface area contributed by atoms with Crippen LogP contribution in [0.4, 0.5) is 5.69 Å². The van der Waals surface area contributed by atoms with Crippen LogP contribution >= 0.6 is 0 Å². The van der Waals surface area contributed by atoms with Gasteiger partial charge in [0.25, 0.3) is 0 Å². The number of nitrogens with one attached hydrogen (secondary N) is 1. The third-order valence-corrected chi connectivity index (χ3v) is 3.81. The average Bonchev–Trinajstić information content (AvgIpc) is 2.47. The number of hydrogen-bond donors (Lipinski definition) is 1. The Morgan fingerprint density at radius 1 is 1.00 bits per heavy atom. The molecule has 112 valence electrons. The van der Waals surface area contributed by atoms with E-state index in [1.807, 2.05) is 30.3 Å².